The molecule has 122 valence electrons. The third-order valence-electron chi connectivity index (χ3n) is 3.94. The first-order chi connectivity index (χ1) is 10.8. The summed E-state index contributed by atoms with van der Waals surface area (Å²) in [6.07, 6.45) is 0. The van der Waals surface area contributed by atoms with E-state index in [-0.39, 0.29) is 11.3 Å². The summed E-state index contributed by atoms with van der Waals surface area (Å²) in [7, 11) is 3.92. The Morgan fingerprint density at radius 2 is 1.78 bits per heavy atom. The zero-order valence-electron chi connectivity index (χ0n) is 14.1. The molecule has 23 heavy (non-hydrogen) atoms. The molecule has 0 saturated heterocycles. The van der Waals surface area contributed by atoms with E-state index < -0.39 is 0 Å². The Morgan fingerprint density at radius 3 is 2.39 bits per heavy atom. The fraction of sp³-hybridized carbons (Fsp3) is 0.316. The minimum Gasteiger partial charge on any atom is -0.378 e. The first-order valence-corrected chi connectivity index (χ1v) is 7.99. The number of carbonyl (C=O) groups is 1. The molecule has 2 aromatic carbocycles. The Labute approximate surface area is 143 Å². The maximum Gasteiger partial charge on any atom is 0.251 e. The average Bonchev–Trinajstić information content (AvgIpc) is 2.53. The molecule has 0 aliphatic carbocycles. The fourth-order valence-corrected chi connectivity index (χ4v) is 2.46. The van der Waals surface area contributed by atoms with Crippen LogP contribution in [0.1, 0.15) is 29.8 Å². The van der Waals surface area contributed by atoms with Crippen molar-refractivity contribution in [3.8, 4) is 0 Å². The monoisotopic (exact) mass is 330 g/mol. The van der Waals surface area contributed by atoms with Crippen LogP contribution in [0.2, 0.25) is 5.02 Å². The van der Waals surface area contributed by atoms with Crippen molar-refractivity contribution in [1.82, 2.24) is 5.32 Å². The van der Waals surface area contributed by atoms with Gasteiger partial charge in [0.25, 0.3) is 5.91 Å². The van der Waals surface area contributed by atoms with Crippen molar-refractivity contribution in [3.63, 3.8) is 0 Å². The number of carbonyl (C=O) groups excluding carboxylic acids is 1. The van der Waals surface area contributed by atoms with Gasteiger partial charge in [-0.05, 0) is 35.9 Å². The zero-order chi connectivity index (χ0) is 17.0. The number of nitrogens with one attached hydrogen (secondary N) is 1. The van der Waals surface area contributed by atoms with Crippen LogP contribution in [0, 0.1) is 0 Å². The standard InChI is InChI=1S/C19H23ClN2O/c1-19(2,15-8-10-16(20)11-9-15)13-21-18(23)14-6-5-7-17(12-14)22(3)4/h5-12H,13H2,1-4H3,(H,21,23). The van der Waals surface area contributed by atoms with E-state index in [1.165, 1.54) is 0 Å². The van der Waals surface area contributed by atoms with E-state index in [0.717, 1.165) is 11.3 Å². The van der Waals surface area contributed by atoms with Crippen LogP contribution in [0.25, 0.3) is 0 Å². The summed E-state index contributed by atoms with van der Waals surface area (Å²) >= 11 is 5.94. The molecule has 0 heterocycles. The number of anilines is 1. The van der Waals surface area contributed by atoms with Gasteiger partial charge in [-0.2, -0.15) is 0 Å². The van der Waals surface area contributed by atoms with E-state index in [9.17, 15) is 4.79 Å². The van der Waals surface area contributed by atoms with Crippen LogP contribution in [0.3, 0.4) is 0 Å². The lowest BCUT2D eigenvalue weighted by atomic mass is 9.84. The molecular formula is C19H23ClN2O. The zero-order valence-corrected chi connectivity index (χ0v) is 14.8. The van der Waals surface area contributed by atoms with Gasteiger partial charge in [0, 0.05) is 42.3 Å². The van der Waals surface area contributed by atoms with Crippen molar-refractivity contribution >= 4 is 23.2 Å². The van der Waals surface area contributed by atoms with E-state index in [1.807, 2.05) is 67.5 Å². The summed E-state index contributed by atoms with van der Waals surface area (Å²) in [5, 5.41) is 3.74. The second-order valence-electron chi connectivity index (χ2n) is 6.52. The molecule has 0 spiro atoms. The van der Waals surface area contributed by atoms with Gasteiger partial charge in [0.1, 0.15) is 0 Å². The topological polar surface area (TPSA) is 32.3 Å². The molecule has 0 bridgehead atoms. The lowest BCUT2D eigenvalue weighted by molar-refractivity contribution is 0.0945. The van der Waals surface area contributed by atoms with Crippen molar-refractivity contribution in [3.05, 3.63) is 64.7 Å². The third-order valence-corrected chi connectivity index (χ3v) is 4.19. The molecular weight excluding hydrogens is 308 g/mol. The number of halogens is 1. The number of amides is 1. The number of benzene rings is 2. The van der Waals surface area contributed by atoms with Crippen molar-refractivity contribution < 1.29 is 4.79 Å². The minimum atomic E-state index is -0.167. The Balaban J connectivity index is 2.06. The average molecular weight is 331 g/mol. The van der Waals surface area contributed by atoms with Crippen molar-refractivity contribution in [2.75, 3.05) is 25.5 Å². The molecule has 0 aliphatic heterocycles. The summed E-state index contributed by atoms with van der Waals surface area (Å²) in [6, 6.07) is 15.4. The van der Waals surface area contributed by atoms with Crippen molar-refractivity contribution in [1.29, 1.82) is 0 Å². The summed E-state index contributed by atoms with van der Waals surface area (Å²) in [4.78, 5) is 14.4. The van der Waals surface area contributed by atoms with Crippen LogP contribution in [-0.2, 0) is 5.41 Å². The lowest BCUT2D eigenvalue weighted by Gasteiger charge is -2.26. The summed E-state index contributed by atoms with van der Waals surface area (Å²) in [5.41, 5.74) is 2.65. The molecule has 0 saturated carbocycles. The quantitative estimate of drug-likeness (QED) is 0.894. The van der Waals surface area contributed by atoms with Crippen LogP contribution in [0.4, 0.5) is 5.69 Å². The molecule has 0 aliphatic rings. The van der Waals surface area contributed by atoms with E-state index in [0.29, 0.717) is 17.1 Å². The van der Waals surface area contributed by atoms with Crippen molar-refractivity contribution in [2.45, 2.75) is 19.3 Å². The number of hydrogen-bond acceptors (Lipinski definition) is 2. The molecule has 2 rings (SSSR count). The van der Waals surface area contributed by atoms with Gasteiger partial charge in [-0.25, -0.2) is 0 Å². The molecule has 0 radical (unpaired) electrons. The van der Waals surface area contributed by atoms with Crippen LogP contribution < -0.4 is 10.2 Å². The van der Waals surface area contributed by atoms with Crippen molar-refractivity contribution in [2.24, 2.45) is 0 Å². The van der Waals surface area contributed by atoms with Gasteiger partial charge < -0.3 is 10.2 Å². The highest BCUT2D eigenvalue weighted by atomic mass is 35.5. The third kappa shape index (κ3) is 4.49. The first-order valence-electron chi connectivity index (χ1n) is 7.61. The van der Waals surface area contributed by atoms with E-state index in [2.05, 4.69) is 19.2 Å². The molecule has 2 aromatic rings. The maximum atomic E-state index is 12.4. The van der Waals surface area contributed by atoms with Gasteiger partial charge in [-0.15, -0.1) is 0 Å². The van der Waals surface area contributed by atoms with Crippen LogP contribution >= 0.6 is 11.6 Å². The second-order valence-corrected chi connectivity index (χ2v) is 6.95. The smallest absolute Gasteiger partial charge is 0.251 e. The highest BCUT2D eigenvalue weighted by molar-refractivity contribution is 6.30. The number of hydrogen-bond donors (Lipinski definition) is 1. The van der Waals surface area contributed by atoms with E-state index in [1.54, 1.807) is 0 Å². The van der Waals surface area contributed by atoms with Gasteiger partial charge >= 0.3 is 0 Å². The fourth-order valence-electron chi connectivity index (χ4n) is 2.33. The predicted octanol–water partition coefficient (Wildman–Crippen LogP) is 4.11. The number of rotatable bonds is 5. The second kappa shape index (κ2) is 7.05. The molecule has 1 N–H and O–H groups in total. The SMILES string of the molecule is CN(C)c1cccc(C(=O)NCC(C)(C)c2ccc(Cl)cc2)c1. The lowest BCUT2D eigenvalue weighted by Crippen LogP contribution is -2.36. The Kier molecular flexibility index (Phi) is 5.32. The highest BCUT2D eigenvalue weighted by Crippen LogP contribution is 2.24. The molecule has 0 fully saturated rings. The highest BCUT2D eigenvalue weighted by Gasteiger charge is 2.21. The van der Waals surface area contributed by atoms with Gasteiger partial charge in [0.2, 0.25) is 0 Å². The first kappa shape index (κ1) is 17.4. The van der Waals surface area contributed by atoms with Crippen LogP contribution in [-0.4, -0.2) is 26.5 Å². The summed E-state index contributed by atoms with van der Waals surface area (Å²) < 4.78 is 0. The van der Waals surface area contributed by atoms with Gasteiger partial charge in [-0.1, -0.05) is 43.6 Å². The van der Waals surface area contributed by atoms with Crippen LogP contribution in [0.15, 0.2) is 48.5 Å². The molecule has 0 atom stereocenters. The summed E-state index contributed by atoms with van der Waals surface area (Å²) in [5.74, 6) is -0.0595. The largest absolute Gasteiger partial charge is 0.378 e. The Bertz CT molecular complexity index is 678. The molecule has 4 heteroatoms. The minimum absolute atomic E-state index is 0.0595. The summed E-state index contributed by atoms with van der Waals surface area (Å²) in [6.45, 7) is 4.76. The molecule has 1 amide bonds. The Hall–Kier alpha value is -2.00. The van der Waals surface area contributed by atoms with Gasteiger partial charge in [-0.3, -0.25) is 4.79 Å². The predicted molar refractivity (Wildman–Crippen MR) is 97.6 cm³/mol. The van der Waals surface area contributed by atoms with E-state index >= 15 is 0 Å². The van der Waals surface area contributed by atoms with Gasteiger partial charge in [0.05, 0.1) is 0 Å². The molecule has 0 unspecified atom stereocenters. The van der Waals surface area contributed by atoms with Gasteiger partial charge in [0.15, 0.2) is 0 Å². The molecule has 0 aromatic heterocycles. The Morgan fingerprint density at radius 1 is 1.13 bits per heavy atom. The normalized spacial score (nSPS) is 11.2. The van der Waals surface area contributed by atoms with E-state index in [4.69, 9.17) is 11.6 Å². The number of nitrogens with zero attached hydrogens (tertiary/aromatic N) is 1. The van der Waals surface area contributed by atoms with Crippen LogP contribution in [0.5, 0.6) is 0 Å². The maximum absolute atomic E-state index is 12.4. The molecule has 3 nitrogen and oxygen atoms in total.